The monoisotopic (exact) mass is 300 g/mol. The number of nitrogens with one attached hydrogen (secondary N) is 2. The summed E-state index contributed by atoms with van der Waals surface area (Å²) in [4.78, 5) is 0. The van der Waals surface area contributed by atoms with Crippen molar-refractivity contribution in [3.05, 3.63) is 34.1 Å². The Morgan fingerprint density at radius 3 is 2.88 bits per heavy atom. The molecule has 2 N–H and O–H groups in total. The van der Waals surface area contributed by atoms with Gasteiger partial charge in [0.15, 0.2) is 0 Å². The van der Waals surface area contributed by atoms with Gasteiger partial charge in [0.2, 0.25) is 0 Å². The molecular formula is C13H18BrFN2. The Kier molecular flexibility index (Phi) is 4.54. The van der Waals surface area contributed by atoms with E-state index in [2.05, 4.69) is 33.5 Å². The van der Waals surface area contributed by atoms with E-state index < -0.39 is 0 Å². The van der Waals surface area contributed by atoms with Crippen LogP contribution in [0.2, 0.25) is 0 Å². The molecule has 1 unspecified atom stereocenters. The third-order valence-electron chi connectivity index (χ3n) is 2.98. The van der Waals surface area contributed by atoms with E-state index in [0.29, 0.717) is 18.2 Å². The average Bonchev–Trinajstić information content (AvgIpc) is 3.09. The van der Waals surface area contributed by atoms with Crippen molar-refractivity contribution in [3.8, 4) is 0 Å². The second kappa shape index (κ2) is 5.94. The lowest BCUT2D eigenvalue weighted by Gasteiger charge is -2.15. The highest BCUT2D eigenvalue weighted by Gasteiger charge is 2.20. The molecule has 0 amide bonds. The molecule has 1 aliphatic carbocycles. The maximum atomic E-state index is 13.5. The largest absolute Gasteiger partial charge is 0.312 e. The van der Waals surface area contributed by atoms with E-state index in [-0.39, 0.29) is 5.82 Å². The van der Waals surface area contributed by atoms with E-state index in [1.807, 2.05) is 6.07 Å². The molecule has 0 bridgehead atoms. The Morgan fingerprint density at radius 1 is 1.47 bits per heavy atom. The lowest BCUT2D eigenvalue weighted by molar-refractivity contribution is 0.489. The summed E-state index contributed by atoms with van der Waals surface area (Å²) in [5, 5.41) is 6.79. The van der Waals surface area contributed by atoms with Crippen LogP contribution in [0.5, 0.6) is 0 Å². The minimum atomic E-state index is -0.158. The molecular weight excluding hydrogens is 283 g/mol. The molecule has 1 aromatic carbocycles. The molecule has 0 saturated heterocycles. The minimum Gasteiger partial charge on any atom is -0.312 e. The van der Waals surface area contributed by atoms with Gasteiger partial charge in [0.05, 0.1) is 0 Å². The smallest absolute Gasteiger partial charge is 0.128 e. The minimum absolute atomic E-state index is 0.158. The van der Waals surface area contributed by atoms with E-state index in [4.69, 9.17) is 0 Å². The topological polar surface area (TPSA) is 24.1 Å². The molecule has 2 rings (SSSR count). The highest BCUT2D eigenvalue weighted by molar-refractivity contribution is 9.10. The molecule has 17 heavy (non-hydrogen) atoms. The average molecular weight is 301 g/mol. The van der Waals surface area contributed by atoms with Crippen LogP contribution in [0.25, 0.3) is 0 Å². The second-order valence-electron chi connectivity index (χ2n) is 4.66. The third kappa shape index (κ3) is 4.05. The highest BCUT2D eigenvalue weighted by atomic mass is 79.9. The summed E-state index contributed by atoms with van der Waals surface area (Å²) < 4.78 is 14.4. The molecule has 1 fully saturated rings. The number of halogens is 2. The zero-order valence-corrected chi connectivity index (χ0v) is 11.6. The fourth-order valence-corrected chi connectivity index (χ4v) is 2.16. The van der Waals surface area contributed by atoms with Crippen molar-refractivity contribution in [2.24, 2.45) is 0 Å². The molecule has 1 saturated carbocycles. The van der Waals surface area contributed by atoms with Crippen LogP contribution in [0.15, 0.2) is 22.7 Å². The molecule has 1 aromatic rings. The molecule has 0 aliphatic heterocycles. The van der Waals surface area contributed by atoms with Crippen LogP contribution in [0, 0.1) is 5.82 Å². The van der Waals surface area contributed by atoms with Crippen molar-refractivity contribution in [2.75, 3.05) is 6.54 Å². The van der Waals surface area contributed by atoms with Gasteiger partial charge in [0.25, 0.3) is 0 Å². The number of hydrogen-bond acceptors (Lipinski definition) is 2. The Balaban J connectivity index is 1.79. The third-order valence-corrected chi connectivity index (χ3v) is 3.72. The zero-order chi connectivity index (χ0) is 12.3. The Hall–Kier alpha value is -0.450. The van der Waals surface area contributed by atoms with Gasteiger partial charge in [-0.15, -0.1) is 0 Å². The van der Waals surface area contributed by atoms with Crippen LogP contribution in [0.4, 0.5) is 4.39 Å². The van der Waals surface area contributed by atoms with Gasteiger partial charge in [0, 0.05) is 35.2 Å². The standard InChI is InChI=1S/C13H18BrFN2/c1-9(7-17-10-5-6-10)16-8-11-12(14)3-2-4-13(11)15/h2-4,9-10,16-17H,5-8H2,1H3. The molecule has 4 heteroatoms. The summed E-state index contributed by atoms with van der Waals surface area (Å²) in [6.07, 6.45) is 2.59. The maximum absolute atomic E-state index is 13.5. The maximum Gasteiger partial charge on any atom is 0.128 e. The summed E-state index contributed by atoms with van der Waals surface area (Å²) in [7, 11) is 0. The molecule has 2 nitrogen and oxygen atoms in total. The fraction of sp³-hybridized carbons (Fsp3) is 0.538. The van der Waals surface area contributed by atoms with Crippen molar-refractivity contribution in [1.82, 2.24) is 10.6 Å². The highest BCUT2D eigenvalue weighted by Crippen LogP contribution is 2.20. The van der Waals surface area contributed by atoms with Crippen molar-refractivity contribution in [1.29, 1.82) is 0 Å². The quantitative estimate of drug-likeness (QED) is 0.844. The molecule has 94 valence electrons. The molecule has 0 radical (unpaired) electrons. The fourth-order valence-electron chi connectivity index (χ4n) is 1.68. The van der Waals surface area contributed by atoms with Gasteiger partial charge in [-0.1, -0.05) is 22.0 Å². The number of hydrogen-bond donors (Lipinski definition) is 2. The van der Waals surface area contributed by atoms with Crippen LogP contribution >= 0.6 is 15.9 Å². The van der Waals surface area contributed by atoms with Crippen LogP contribution in [0.3, 0.4) is 0 Å². The summed E-state index contributed by atoms with van der Waals surface area (Å²) in [6.45, 7) is 3.61. The van der Waals surface area contributed by atoms with Gasteiger partial charge in [0.1, 0.15) is 5.82 Å². The Morgan fingerprint density at radius 2 is 2.24 bits per heavy atom. The van der Waals surface area contributed by atoms with Crippen LogP contribution in [-0.2, 0) is 6.54 Å². The first kappa shape index (κ1) is 13.0. The zero-order valence-electron chi connectivity index (χ0n) is 9.97. The summed E-state index contributed by atoms with van der Waals surface area (Å²) >= 11 is 3.37. The molecule has 0 aromatic heterocycles. The first-order chi connectivity index (χ1) is 8.16. The van der Waals surface area contributed by atoms with E-state index in [1.165, 1.54) is 18.9 Å². The van der Waals surface area contributed by atoms with Crippen molar-refractivity contribution in [2.45, 2.75) is 38.4 Å². The van der Waals surface area contributed by atoms with Crippen molar-refractivity contribution < 1.29 is 4.39 Å². The summed E-state index contributed by atoms with van der Waals surface area (Å²) in [5.41, 5.74) is 0.700. The van der Waals surface area contributed by atoms with Gasteiger partial charge < -0.3 is 10.6 Å². The van der Waals surface area contributed by atoms with E-state index in [0.717, 1.165) is 17.1 Å². The first-order valence-electron chi connectivity index (χ1n) is 6.06. The lowest BCUT2D eigenvalue weighted by Crippen LogP contribution is -2.37. The normalized spacial score (nSPS) is 17.1. The lowest BCUT2D eigenvalue weighted by atomic mass is 10.2. The van der Waals surface area contributed by atoms with Crippen LogP contribution in [0.1, 0.15) is 25.3 Å². The van der Waals surface area contributed by atoms with E-state index >= 15 is 0 Å². The van der Waals surface area contributed by atoms with Crippen LogP contribution in [-0.4, -0.2) is 18.6 Å². The van der Waals surface area contributed by atoms with E-state index in [1.54, 1.807) is 6.07 Å². The van der Waals surface area contributed by atoms with Crippen LogP contribution < -0.4 is 10.6 Å². The SMILES string of the molecule is CC(CNC1CC1)NCc1c(F)cccc1Br. The second-order valence-corrected chi connectivity index (χ2v) is 5.52. The number of benzene rings is 1. The van der Waals surface area contributed by atoms with E-state index in [9.17, 15) is 4.39 Å². The van der Waals surface area contributed by atoms with Crippen molar-refractivity contribution >= 4 is 15.9 Å². The predicted molar refractivity (Wildman–Crippen MR) is 71.4 cm³/mol. The first-order valence-corrected chi connectivity index (χ1v) is 6.86. The van der Waals surface area contributed by atoms with Gasteiger partial charge in [-0.25, -0.2) is 4.39 Å². The molecule has 1 atom stereocenters. The molecule has 0 spiro atoms. The van der Waals surface area contributed by atoms with Gasteiger partial charge in [-0.05, 0) is 31.9 Å². The summed E-state index contributed by atoms with van der Waals surface area (Å²) in [5.74, 6) is -0.158. The van der Waals surface area contributed by atoms with Gasteiger partial charge in [-0.3, -0.25) is 0 Å². The van der Waals surface area contributed by atoms with Crippen molar-refractivity contribution in [3.63, 3.8) is 0 Å². The Bertz CT molecular complexity index is 359. The van der Waals surface area contributed by atoms with Gasteiger partial charge in [-0.2, -0.15) is 0 Å². The molecule has 1 aliphatic rings. The predicted octanol–water partition coefficient (Wildman–Crippen LogP) is 2.82. The molecule has 0 heterocycles. The van der Waals surface area contributed by atoms with Gasteiger partial charge >= 0.3 is 0 Å². The number of rotatable bonds is 6. The Labute approximate surface area is 110 Å². The summed E-state index contributed by atoms with van der Waals surface area (Å²) in [6, 6.07) is 6.14.